The Kier molecular flexibility index (Phi) is 7.19. The van der Waals surface area contributed by atoms with Crippen molar-refractivity contribution >= 4 is 5.91 Å². The fourth-order valence-electron chi connectivity index (χ4n) is 3.82. The van der Waals surface area contributed by atoms with Gasteiger partial charge in [0.25, 0.3) is 5.91 Å². The Balaban J connectivity index is 1.32. The third-order valence-corrected chi connectivity index (χ3v) is 5.73. The minimum absolute atomic E-state index is 0.138. The van der Waals surface area contributed by atoms with E-state index < -0.39 is 0 Å². The normalized spacial score (nSPS) is 14.3. The van der Waals surface area contributed by atoms with Crippen molar-refractivity contribution in [3.63, 3.8) is 0 Å². The van der Waals surface area contributed by atoms with Crippen LogP contribution in [0.1, 0.15) is 27.2 Å². The molecular weight excluding hydrogens is 404 g/mol. The van der Waals surface area contributed by atoms with Gasteiger partial charge in [-0.2, -0.15) is 5.10 Å². The van der Waals surface area contributed by atoms with Gasteiger partial charge in [-0.1, -0.05) is 30.3 Å². The molecule has 1 saturated heterocycles. The molecule has 2 aromatic carbocycles. The molecule has 0 unspecified atom stereocenters. The van der Waals surface area contributed by atoms with Gasteiger partial charge in [0.2, 0.25) is 0 Å². The number of ether oxygens (including phenoxy) is 2. The summed E-state index contributed by atoms with van der Waals surface area (Å²) in [6, 6.07) is 15.9. The lowest BCUT2D eigenvalue weighted by atomic mass is 10.2. The number of morpholine rings is 1. The van der Waals surface area contributed by atoms with E-state index in [1.54, 1.807) is 6.20 Å². The SMILES string of the molecule is Cc1ccccc1-n1ncc(C(=O)NCc2cccc(OCCN3CCOCC3)c2)c1C. The highest BCUT2D eigenvalue weighted by Gasteiger charge is 2.16. The highest BCUT2D eigenvalue weighted by molar-refractivity contribution is 5.95. The van der Waals surface area contributed by atoms with E-state index in [1.807, 2.05) is 67.1 Å². The van der Waals surface area contributed by atoms with Crippen molar-refractivity contribution in [2.75, 3.05) is 39.5 Å². The van der Waals surface area contributed by atoms with Crippen LogP contribution in [0.25, 0.3) is 5.69 Å². The molecule has 0 radical (unpaired) electrons. The second-order valence-corrected chi connectivity index (χ2v) is 7.97. The van der Waals surface area contributed by atoms with Crippen molar-refractivity contribution in [3.8, 4) is 11.4 Å². The van der Waals surface area contributed by atoms with Crippen LogP contribution in [0.2, 0.25) is 0 Å². The van der Waals surface area contributed by atoms with Crippen molar-refractivity contribution < 1.29 is 14.3 Å². The Morgan fingerprint density at radius 2 is 1.94 bits per heavy atom. The summed E-state index contributed by atoms with van der Waals surface area (Å²) in [5.41, 5.74) is 4.47. The van der Waals surface area contributed by atoms with E-state index in [9.17, 15) is 4.79 Å². The molecule has 1 aliphatic heterocycles. The Labute approximate surface area is 188 Å². The number of benzene rings is 2. The average molecular weight is 435 g/mol. The summed E-state index contributed by atoms with van der Waals surface area (Å²) in [4.78, 5) is 15.1. The first-order chi connectivity index (χ1) is 15.6. The number of hydrogen-bond acceptors (Lipinski definition) is 5. The van der Waals surface area contributed by atoms with Gasteiger partial charge in [-0.3, -0.25) is 9.69 Å². The minimum atomic E-state index is -0.138. The van der Waals surface area contributed by atoms with E-state index in [0.717, 1.165) is 61.1 Å². The van der Waals surface area contributed by atoms with Gasteiger partial charge in [-0.25, -0.2) is 4.68 Å². The molecule has 0 spiro atoms. The van der Waals surface area contributed by atoms with Crippen molar-refractivity contribution in [2.45, 2.75) is 20.4 Å². The minimum Gasteiger partial charge on any atom is -0.492 e. The van der Waals surface area contributed by atoms with Crippen LogP contribution >= 0.6 is 0 Å². The molecule has 2 heterocycles. The van der Waals surface area contributed by atoms with Crippen LogP contribution in [0, 0.1) is 13.8 Å². The molecule has 32 heavy (non-hydrogen) atoms. The van der Waals surface area contributed by atoms with Crippen LogP contribution in [-0.4, -0.2) is 60.0 Å². The summed E-state index contributed by atoms with van der Waals surface area (Å²) in [5.74, 6) is 0.675. The Morgan fingerprint density at radius 3 is 2.75 bits per heavy atom. The van der Waals surface area contributed by atoms with Crippen molar-refractivity contribution in [1.82, 2.24) is 20.0 Å². The van der Waals surface area contributed by atoms with Gasteiger partial charge >= 0.3 is 0 Å². The highest BCUT2D eigenvalue weighted by Crippen LogP contribution is 2.18. The lowest BCUT2D eigenvalue weighted by Gasteiger charge is -2.26. The molecule has 0 atom stereocenters. The number of amides is 1. The van der Waals surface area contributed by atoms with Gasteiger partial charge in [-0.05, 0) is 43.2 Å². The molecule has 0 saturated carbocycles. The molecule has 0 bridgehead atoms. The first kappa shape index (κ1) is 22.0. The summed E-state index contributed by atoms with van der Waals surface area (Å²) in [6.07, 6.45) is 1.63. The molecule has 1 fully saturated rings. The summed E-state index contributed by atoms with van der Waals surface area (Å²) in [6.45, 7) is 9.38. The van der Waals surface area contributed by atoms with Gasteiger partial charge in [0.15, 0.2) is 0 Å². The maximum absolute atomic E-state index is 12.8. The average Bonchev–Trinajstić information content (AvgIpc) is 3.20. The fraction of sp³-hybridized carbons (Fsp3) is 0.360. The lowest BCUT2D eigenvalue weighted by Crippen LogP contribution is -2.38. The largest absolute Gasteiger partial charge is 0.492 e. The van der Waals surface area contributed by atoms with Gasteiger partial charge in [0.1, 0.15) is 12.4 Å². The molecule has 1 amide bonds. The van der Waals surface area contributed by atoms with Crippen LogP contribution < -0.4 is 10.1 Å². The third kappa shape index (κ3) is 5.36. The molecular formula is C25H30N4O3. The number of para-hydroxylation sites is 1. The van der Waals surface area contributed by atoms with Crippen molar-refractivity contribution in [2.24, 2.45) is 0 Å². The molecule has 1 aliphatic rings. The zero-order valence-corrected chi connectivity index (χ0v) is 18.7. The van der Waals surface area contributed by atoms with Crippen LogP contribution in [0.3, 0.4) is 0 Å². The fourth-order valence-corrected chi connectivity index (χ4v) is 3.82. The van der Waals surface area contributed by atoms with Crippen molar-refractivity contribution in [1.29, 1.82) is 0 Å². The number of carbonyl (C=O) groups excluding carboxylic acids is 1. The number of aromatic nitrogens is 2. The van der Waals surface area contributed by atoms with Crippen LogP contribution in [0.15, 0.2) is 54.7 Å². The van der Waals surface area contributed by atoms with Crippen LogP contribution in [-0.2, 0) is 11.3 Å². The zero-order valence-electron chi connectivity index (χ0n) is 18.7. The second kappa shape index (κ2) is 10.4. The molecule has 4 rings (SSSR count). The monoisotopic (exact) mass is 434 g/mol. The zero-order chi connectivity index (χ0) is 22.3. The van der Waals surface area contributed by atoms with Crippen LogP contribution in [0.4, 0.5) is 0 Å². The van der Waals surface area contributed by atoms with E-state index in [4.69, 9.17) is 9.47 Å². The summed E-state index contributed by atoms with van der Waals surface area (Å²) in [7, 11) is 0. The molecule has 0 aliphatic carbocycles. The maximum atomic E-state index is 12.8. The summed E-state index contributed by atoms with van der Waals surface area (Å²) < 4.78 is 13.1. The quantitative estimate of drug-likeness (QED) is 0.590. The predicted molar refractivity (Wildman–Crippen MR) is 123 cm³/mol. The maximum Gasteiger partial charge on any atom is 0.255 e. The smallest absolute Gasteiger partial charge is 0.255 e. The number of carbonyl (C=O) groups is 1. The highest BCUT2D eigenvalue weighted by atomic mass is 16.5. The Bertz CT molecular complexity index is 1060. The van der Waals surface area contributed by atoms with E-state index in [0.29, 0.717) is 18.7 Å². The number of nitrogens with one attached hydrogen (secondary N) is 1. The molecule has 3 aromatic rings. The van der Waals surface area contributed by atoms with E-state index in [1.165, 1.54) is 0 Å². The summed E-state index contributed by atoms with van der Waals surface area (Å²) >= 11 is 0. The van der Waals surface area contributed by atoms with E-state index >= 15 is 0 Å². The standard InChI is InChI=1S/C25H30N4O3/c1-19-6-3-4-9-24(19)29-20(2)23(18-27-29)25(30)26-17-21-7-5-8-22(16-21)32-15-12-28-10-13-31-14-11-28/h3-9,16,18H,10-15,17H2,1-2H3,(H,26,30). The third-order valence-electron chi connectivity index (χ3n) is 5.73. The second-order valence-electron chi connectivity index (χ2n) is 7.97. The van der Waals surface area contributed by atoms with Gasteiger partial charge in [0.05, 0.1) is 36.4 Å². The molecule has 168 valence electrons. The van der Waals surface area contributed by atoms with E-state index in [-0.39, 0.29) is 5.91 Å². The summed E-state index contributed by atoms with van der Waals surface area (Å²) in [5, 5.41) is 7.43. The van der Waals surface area contributed by atoms with Gasteiger partial charge in [-0.15, -0.1) is 0 Å². The Morgan fingerprint density at radius 1 is 1.12 bits per heavy atom. The number of hydrogen-bond donors (Lipinski definition) is 1. The first-order valence-corrected chi connectivity index (χ1v) is 11.0. The molecule has 7 heteroatoms. The number of aryl methyl sites for hydroxylation is 1. The molecule has 7 nitrogen and oxygen atoms in total. The molecule has 1 N–H and O–H groups in total. The van der Waals surface area contributed by atoms with Gasteiger partial charge < -0.3 is 14.8 Å². The Hall–Kier alpha value is -3.16. The lowest BCUT2D eigenvalue weighted by molar-refractivity contribution is 0.0322. The number of rotatable bonds is 8. The predicted octanol–water partition coefficient (Wildman–Crippen LogP) is 3.13. The van der Waals surface area contributed by atoms with Gasteiger partial charge in [0, 0.05) is 26.2 Å². The van der Waals surface area contributed by atoms with E-state index in [2.05, 4.69) is 15.3 Å². The first-order valence-electron chi connectivity index (χ1n) is 11.0. The number of nitrogens with zero attached hydrogens (tertiary/aromatic N) is 3. The van der Waals surface area contributed by atoms with Crippen LogP contribution in [0.5, 0.6) is 5.75 Å². The van der Waals surface area contributed by atoms with Crippen molar-refractivity contribution in [3.05, 3.63) is 77.1 Å². The topological polar surface area (TPSA) is 68.6 Å². The molecule has 1 aromatic heterocycles.